The Bertz CT molecular complexity index is 317. The van der Waals surface area contributed by atoms with Crippen LogP contribution in [0.2, 0.25) is 0 Å². The fraction of sp³-hybridized carbons (Fsp3) is 0.615. The van der Waals surface area contributed by atoms with Crippen molar-refractivity contribution in [1.29, 1.82) is 0 Å². The molecule has 0 spiro atoms. The van der Waals surface area contributed by atoms with Gasteiger partial charge in [0.25, 0.3) is 0 Å². The predicted octanol–water partition coefficient (Wildman–Crippen LogP) is 1.72. The van der Waals surface area contributed by atoms with Crippen LogP contribution in [-0.2, 0) is 6.54 Å². The van der Waals surface area contributed by atoms with E-state index in [1.807, 2.05) is 19.3 Å². The SMILES string of the molecule is CNc1ccnc(CN(C)CCCCCO)c1. The van der Waals surface area contributed by atoms with E-state index < -0.39 is 0 Å². The molecule has 4 nitrogen and oxygen atoms in total. The Balaban J connectivity index is 2.31. The molecule has 0 amide bonds. The largest absolute Gasteiger partial charge is 0.396 e. The van der Waals surface area contributed by atoms with E-state index in [2.05, 4.69) is 28.3 Å². The van der Waals surface area contributed by atoms with Gasteiger partial charge in [0.1, 0.15) is 0 Å². The van der Waals surface area contributed by atoms with E-state index in [1.54, 1.807) is 0 Å². The smallest absolute Gasteiger partial charge is 0.0564 e. The van der Waals surface area contributed by atoms with Crippen LogP contribution in [0.3, 0.4) is 0 Å². The molecule has 1 aromatic heterocycles. The molecule has 0 aliphatic rings. The van der Waals surface area contributed by atoms with Gasteiger partial charge in [-0.2, -0.15) is 0 Å². The van der Waals surface area contributed by atoms with Crippen LogP contribution < -0.4 is 5.32 Å². The Kier molecular flexibility index (Phi) is 6.58. The number of hydrogen-bond donors (Lipinski definition) is 2. The maximum atomic E-state index is 8.69. The van der Waals surface area contributed by atoms with Gasteiger partial charge in [-0.05, 0) is 45.0 Å². The van der Waals surface area contributed by atoms with E-state index >= 15 is 0 Å². The average Bonchev–Trinajstić information content (AvgIpc) is 2.35. The van der Waals surface area contributed by atoms with Crippen LogP contribution >= 0.6 is 0 Å². The Labute approximate surface area is 104 Å². The summed E-state index contributed by atoms with van der Waals surface area (Å²) in [6.07, 6.45) is 4.95. The molecule has 17 heavy (non-hydrogen) atoms. The van der Waals surface area contributed by atoms with Crippen molar-refractivity contribution in [2.45, 2.75) is 25.8 Å². The highest BCUT2D eigenvalue weighted by Gasteiger charge is 2.02. The third-order valence-corrected chi connectivity index (χ3v) is 2.74. The standard InChI is InChI=1S/C13H23N3O/c1-14-12-6-7-15-13(10-12)11-16(2)8-4-3-5-9-17/h6-7,10,17H,3-5,8-9,11H2,1-2H3,(H,14,15). The highest BCUT2D eigenvalue weighted by atomic mass is 16.2. The summed E-state index contributed by atoms with van der Waals surface area (Å²) in [6.45, 7) is 2.22. The lowest BCUT2D eigenvalue weighted by Gasteiger charge is -2.16. The third kappa shape index (κ3) is 5.65. The molecule has 0 bridgehead atoms. The molecular weight excluding hydrogens is 214 g/mol. The van der Waals surface area contributed by atoms with E-state index in [0.717, 1.165) is 43.7 Å². The molecular formula is C13H23N3O. The zero-order valence-corrected chi connectivity index (χ0v) is 10.8. The first kappa shape index (κ1) is 13.9. The lowest BCUT2D eigenvalue weighted by molar-refractivity contribution is 0.270. The van der Waals surface area contributed by atoms with Gasteiger partial charge in [0.2, 0.25) is 0 Å². The number of hydrogen-bond acceptors (Lipinski definition) is 4. The van der Waals surface area contributed by atoms with Gasteiger partial charge in [-0.15, -0.1) is 0 Å². The molecule has 0 fully saturated rings. The number of pyridine rings is 1. The summed E-state index contributed by atoms with van der Waals surface area (Å²) < 4.78 is 0. The van der Waals surface area contributed by atoms with Gasteiger partial charge in [-0.1, -0.05) is 0 Å². The first-order valence-electron chi connectivity index (χ1n) is 6.18. The molecule has 0 aliphatic carbocycles. The van der Waals surface area contributed by atoms with Crippen LogP contribution in [0, 0.1) is 0 Å². The fourth-order valence-corrected chi connectivity index (χ4v) is 1.75. The highest BCUT2D eigenvalue weighted by molar-refractivity contribution is 5.42. The molecule has 96 valence electrons. The normalized spacial score (nSPS) is 10.8. The van der Waals surface area contributed by atoms with Crippen molar-refractivity contribution in [3.8, 4) is 0 Å². The zero-order chi connectivity index (χ0) is 12.5. The summed E-state index contributed by atoms with van der Waals surface area (Å²) in [7, 11) is 4.02. The number of aliphatic hydroxyl groups is 1. The number of aliphatic hydroxyl groups excluding tert-OH is 1. The van der Waals surface area contributed by atoms with Crippen molar-refractivity contribution in [2.24, 2.45) is 0 Å². The zero-order valence-electron chi connectivity index (χ0n) is 10.8. The van der Waals surface area contributed by atoms with Gasteiger partial charge in [-0.3, -0.25) is 4.98 Å². The van der Waals surface area contributed by atoms with E-state index in [0.29, 0.717) is 6.61 Å². The molecule has 0 unspecified atom stereocenters. The van der Waals surface area contributed by atoms with E-state index in [1.165, 1.54) is 0 Å². The lowest BCUT2D eigenvalue weighted by atomic mass is 10.2. The van der Waals surface area contributed by atoms with Gasteiger partial charge in [0.15, 0.2) is 0 Å². The van der Waals surface area contributed by atoms with Crippen LogP contribution in [0.1, 0.15) is 25.0 Å². The number of rotatable bonds is 8. The fourth-order valence-electron chi connectivity index (χ4n) is 1.75. The summed E-state index contributed by atoms with van der Waals surface area (Å²) in [4.78, 5) is 6.61. The van der Waals surface area contributed by atoms with E-state index in [9.17, 15) is 0 Å². The monoisotopic (exact) mass is 237 g/mol. The molecule has 0 aromatic carbocycles. The third-order valence-electron chi connectivity index (χ3n) is 2.74. The number of nitrogens with one attached hydrogen (secondary N) is 1. The molecule has 0 atom stereocenters. The molecule has 1 aromatic rings. The Hall–Kier alpha value is -1.13. The van der Waals surface area contributed by atoms with Crippen LogP contribution in [0.4, 0.5) is 5.69 Å². The van der Waals surface area contributed by atoms with Gasteiger partial charge >= 0.3 is 0 Å². The minimum Gasteiger partial charge on any atom is -0.396 e. The van der Waals surface area contributed by atoms with Crippen molar-refractivity contribution in [3.63, 3.8) is 0 Å². The molecule has 0 aliphatic heterocycles. The first-order valence-corrected chi connectivity index (χ1v) is 6.18. The topological polar surface area (TPSA) is 48.4 Å². The maximum Gasteiger partial charge on any atom is 0.0564 e. The van der Waals surface area contributed by atoms with Crippen molar-refractivity contribution < 1.29 is 5.11 Å². The molecule has 0 radical (unpaired) electrons. The maximum absolute atomic E-state index is 8.69. The predicted molar refractivity (Wildman–Crippen MR) is 71.1 cm³/mol. The second-order valence-corrected chi connectivity index (χ2v) is 4.31. The highest BCUT2D eigenvalue weighted by Crippen LogP contribution is 2.09. The van der Waals surface area contributed by atoms with E-state index in [4.69, 9.17) is 5.11 Å². The van der Waals surface area contributed by atoms with Crippen LogP contribution in [0.5, 0.6) is 0 Å². The van der Waals surface area contributed by atoms with E-state index in [-0.39, 0.29) is 0 Å². The van der Waals surface area contributed by atoms with Crippen molar-refractivity contribution in [1.82, 2.24) is 9.88 Å². The molecule has 2 N–H and O–H groups in total. The molecule has 1 heterocycles. The number of anilines is 1. The van der Waals surface area contributed by atoms with Gasteiger partial charge in [0.05, 0.1) is 5.69 Å². The number of unbranched alkanes of at least 4 members (excludes halogenated alkanes) is 2. The summed E-state index contributed by atoms with van der Waals surface area (Å²) in [5.74, 6) is 0. The van der Waals surface area contributed by atoms with Crippen molar-refractivity contribution in [2.75, 3.05) is 32.6 Å². The minimum atomic E-state index is 0.301. The van der Waals surface area contributed by atoms with Gasteiger partial charge < -0.3 is 15.3 Å². The number of nitrogens with zero attached hydrogens (tertiary/aromatic N) is 2. The molecule has 0 saturated heterocycles. The average molecular weight is 237 g/mol. The summed E-state index contributed by atoms with van der Waals surface area (Å²) in [5, 5.41) is 11.8. The minimum absolute atomic E-state index is 0.301. The molecule has 1 rings (SSSR count). The molecule has 0 saturated carbocycles. The summed E-state index contributed by atoms with van der Waals surface area (Å²) >= 11 is 0. The van der Waals surface area contributed by atoms with Gasteiger partial charge in [0, 0.05) is 32.1 Å². The molecule has 4 heteroatoms. The number of aromatic nitrogens is 1. The second-order valence-electron chi connectivity index (χ2n) is 4.31. The quantitative estimate of drug-likeness (QED) is 0.676. The Morgan fingerprint density at radius 2 is 2.18 bits per heavy atom. The second kappa shape index (κ2) is 8.03. The first-order chi connectivity index (χ1) is 8.26. The lowest BCUT2D eigenvalue weighted by Crippen LogP contribution is -2.19. The van der Waals surface area contributed by atoms with Crippen molar-refractivity contribution >= 4 is 5.69 Å². The van der Waals surface area contributed by atoms with Crippen LogP contribution in [0.25, 0.3) is 0 Å². The summed E-state index contributed by atoms with van der Waals surface area (Å²) in [6, 6.07) is 4.04. The van der Waals surface area contributed by atoms with Crippen molar-refractivity contribution in [3.05, 3.63) is 24.0 Å². The Morgan fingerprint density at radius 1 is 1.35 bits per heavy atom. The Morgan fingerprint density at radius 3 is 2.88 bits per heavy atom. The van der Waals surface area contributed by atoms with Gasteiger partial charge in [-0.25, -0.2) is 0 Å². The van der Waals surface area contributed by atoms with Crippen LogP contribution in [0.15, 0.2) is 18.3 Å². The summed E-state index contributed by atoms with van der Waals surface area (Å²) in [5.41, 5.74) is 2.19. The van der Waals surface area contributed by atoms with Crippen LogP contribution in [-0.4, -0.2) is 42.2 Å².